The van der Waals surface area contributed by atoms with Gasteiger partial charge in [0.2, 0.25) is 5.91 Å². The molecule has 116 valence electrons. The third-order valence-electron chi connectivity index (χ3n) is 3.30. The minimum atomic E-state index is -0.135. The molecule has 0 heterocycles. The molecule has 0 spiro atoms. The molecule has 0 saturated carbocycles. The van der Waals surface area contributed by atoms with Gasteiger partial charge in [-0.1, -0.05) is 12.1 Å². The van der Waals surface area contributed by atoms with Gasteiger partial charge in [-0.15, -0.1) is 0 Å². The molecule has 0 aliphatic heterocycles. The molecule has 0 aliphatic rings. The van der Waals surface area contributed by atoms with Crippen molar-refractivity contribution < 1.29 is 14.3 Å². The van der Waals surface area contributed by atoms with E-state index in [9.17, 15) is 4.79 Å². The number of nitrogens with one attached hydrogen (secondary N) is 1. The first kappa shape index (κ1) is 15.7. The average Bonchev–Trinajstić information content (AvgIpc) is 2.48. The highest BCUT2D eigenvalue weighted by Gasteiger charge is 2.12. The smallest absolute Gasteiger partial charge is 0.228 e. The Kier molecular flexibility index (Phi) is 4.88. The Hall–Kier alpha value is -2.69. The van der Waals surface area contributed by atoms with Crippen molar-refractivity contribution in [2.75, 3.05) is 25.3 Å². The molecule has 22 heavy (non-hydrogen) atoms. The van der Waals surface area contributed by atoms with E-state index in [0.717, 1.165) is 11.3 Å². The summed E-state index contributed by atoms with van der Waals surface area (Å²) in [7, 11) is 3.09. The molecule has 2 rings (SSSR count). The lowest BCUT2D eigenvalue weighted by Crippen LogP contribution is -2.15. The van der Waals surface area contributed by atoms with Gasteiger partial charge in [0.1, 0.15) is 0 Å². The van der Waals surface area contributed by atoms with Crippen molar-refractivity contribution in [3.8, 4) is 11.5 Å². The lowest BCUT2D eigenvalue weighted by atomic mass is 10.1. The van der Waals surface area contributed by atoms with E-state index in [1.807, 2.05) is 31.2 Å². The fourth-order valence-corrected chi connectivity index (χ4v) is 2.19. The molecule has 0 bridgehead atoms. The molecule has 5 heteroatoms. The minimum absolute atomic E-state index is 0.135. The number of ether oxygens (including phenoxy) is 2. The van der Waals surface area contributed by atoms with Crippen LogP contribution in [0.25, 0.3) is 0 Å². The van der Waals surface area contributed by atoms with Gasteiger partial charge >= 0.3 is 0 Å². The quantitative estimate of drug-likeness (QED) is 0.833. The number of benzene rings is 2. The van der Waals surface area contributed by atoms with E-state index in [0.29, 0.717) is 22.7 Å². The molecule has 2 aromatic rings. The second-order valence-corrected chi connectivity index (χ2v) is 5.00. The fourth-order valence-electron chi connectivity index (χ4n) is 2.19. The largest absolute Gasteiger partial charge is 0.493 e. The third kappa shape index (κ3) is 3.69. The fraction of sp³-hybridized carbons (Fsp3) is 0.235. The topological polar surface area (TPSA) is 73.6 Å². The van der Waals surface area contributed by atoms with Gasteiger partial charge < -0.3 is 20.5 Å². The molecule has 0 aliphatic carbocycles. The lowest BCUT2D eigenvalue weighted by Gasteiger charge is -2.12. The summed E-state index contributed by atoms with van der Waals surface area (Å²) in [4.78, 5) is 12.2. The van der Waals surface area contributed by atoms with Gasteiger partial charge in [0.15, 0.2) is 11.5 Å². The zero-order valence-corrected chi connectivity index (χ0v) is 13.0. The predicted octanol–water partition coefficient (Wildman–Crippen LogP) is 2.78. The Balaban J connectivity index is 2.14. The molecule has 2 aromatic carbocycles. The van der Waals surface area contributed by atoms with Crippen molar-refractivity contribution >= 4 is 17.3 Å². The van der Waals surface area contributed by atoms with Crippen LogP contribution in [0.3, 0.4) is 0 Å². The van der Waals surface area contributed by atoms with Gasteiger partial charge in [-0.2, -0.15) is 0 Å². The molecular weight excluding hydrogens is 280 g/mol. The maximum Gasteiger partial charge on any atom is 0.228 e. The summed E-state index contributed by atoms with van der Waals surface area (Å²) in [5.74, 6) is 0.961. The van der Waals surface area contributed by atoms with Crippen LogP contribution in [0.4, 0.5) is 11.4 Å². The molecule has 3 N–H and O–H groups in total. The number of amides is 1. The summed E-state index contributed by atoms with van der Waals surface area (Å²) in [5, 5.41) is 2.86. The molecule has 0 radical (unpaired) electrons. The van der Waals surface area contributed by atoms with E-state index in [-0.39, 0.29) is 12.3 Å². The van der Waals surface area contributed by atoms with E-state index in [4.69, 9.17) is 15.2 Å². The van der Waals surface area contributed by atoms with Crippen LogP contribution < -0.4 is 20.5 Å². The first-order valence-corrected chi connectivity index (χ1v) is 6.90. The van der Waals surface area contributed by atoms with E-state index >= 15 is 0 Å². The Labute approximate surface area is 130 Å². The highest BCUT2D eigenvalue weighted by molar-refractivity contribution is 5.93. The van der Waals surface area contributed by atoms with Crippen molar-refractivity contribution in [1.82, 2.24) is 0 Å². The summed E-state index contributed by atoms with van der Waals surface area (Å²) >= 11 is 0. The molecule has 0 fully saturated rings. The Morgan fingerprint density at radius 3 is 2.45 bits per heavy atom. The van der Waals surface area contributed by atoms with Crippen molar-refractivity contribution in [2.45, 2.75) is 13.3 Å². The van der Waals surface area contributed by atoms with Crippen LogP contribution >= 0.6 is 0 Å². The number of hydrogen-bond acceptors (Lipinski definition) is 4. The summed E-state index contributed by atoms with van der Waals surface area (Å²) < 4.78 is 10.4. The van der Waals surface area contributed by atoms with Crippen LogP contribution in [0.2, 0.25) is 0 Å². The van der Waals surface area contributed by atoms with E-state index in [1.54, 1.807) is 26.4 Å². The third-order valence-corrected chi connectivity index (χ3v) is 3.30. The standard InChI is InChI=1S/C17H20N2O3/c1-11-5-4-6-13(7-11)19-17(20)9-12-8-15(21-2)16(22-3)10-14(12)18/h4-8,10H,9,18H2,1-3H3,(H,19,20). The van der Waals surface area contributed by atoms with E-state index in [1.165, 1.54) is 0 Å². The Bertz CT molecular complexity index is 684. The highest BCUT2D eigenvalue weighted by atomic mass is 16.5. The zero-order valence-electron chi connectivity index (χ0n) is 13.0. The average molecular weight is 300 g/mol. The van der Waals surface area contributed by atoms with Gasteiger partial charge in [-0.3, -0.25) is 4.79 Å². The van der Waals surface area contributed by atoms with Crippen molar-refractivity contribution in [3.63, 3.8) is 0 Å². The van der Waals surface area contributed by atoms with Crippen LogP contribution in [0.1, 0.15) is 11.1 Å². The normalized spacial score (nSPS) is 10.1. The number of carbonyl (C=O) groups excluding carboxylic acids is 1. The first-order valence-electron chi connectivity index (χ1n) is 6.90. The molecular formula is C17H20N2O3. The molecule has 0 unspecified atom stereocenters. The van der Waals surface area contributed by atoms with Gasteiger partial charge in [0, 0.05) is 17.4 Å². The summed E-state index contributed by atoms with van der Waals surface area (Å²) in [6, 6.07) is 11.0. The maximum absolute atomic E-state index is 12.2. The number of hydrogen-bond donors (Lipinski definition) is 2. The van der Waals surface area contributed by atoms with E-state index < -0.39 is 0 Å². The molecule has 0 atom stereocenters. The summed E-state index contributed by atoms with van der Waals surface area (Å²) in [5.41, 5.74) is 9.02. The Morgan fingerprint density at radius 2 is 1.82 bits per heavy atom. The van der Waals surface area contributed by atoms with Crippen LogP contribution in [0.15, 0.2) is 36.4 Å². The molecule has 0 saturated heterocycles. The van der Waals surface area contributed by atoms with Crippen LogP contribution in [-0.4, -0.2) is 20.1 Å². The Morgan fingerprint density at radius 1 is 1.14 bits per heavy atom. The van der Waals surface area contributed by atoms with E-state index in [2.05, 4.69) is 5.32 Å². The minimum Gasteiger partial charge on any atom is -0.493 e. The molecule has 1 amide bonds. The summed E-state index contributed by atoms with van der Waals surface area (Å²) in [6.45, 7) is 1.97. The number of aryl methyl sites for hydroxylation is 1. The number of nitrogen functional groups attached to an aromatic ring is 1. The van der Waals surface area contributed by atoms with Crippen LogP contribution in [0, 0.1) is 6.92 Å². The number of carbonyl (C=O) groups is 1. The van der Waals surface area contributed by atoms with Gasteiger partial charge in [0.05, 0.1) is 20.6 Å². The number of rotatable bonds is 5. The first-order chi connectivity index (χ1) is 10.5. The van der Waals surface area contributed by atoms with Crippen LogP contribution in [0.5, 0.6) is 11.5 Å². The van der Waals surface area contributed by atoms with Crippen molar-refractivity contribution in [1.29, 1.82) is 0 Å². The number of nitrogens with two attached hydrogens (primary N) is 1. The molecule has 0 aromatic heterocycles. The molecule has 5 nitrogen and oxygen atoms in total. The maximum atomic E-state index is 12.2. The number of methoxy groups -OCH3 is 2. The highest BCUT2D eigenvalue weighted by Crippen LogP contribution is 2.32. The van der Waals surface area contributed by atoms with Gasteiger partial charge in [-0.05, 0) is 36.2 Å². The monoisotopic (exact) mass is 300 g/mol. The van der Waals surface area contributed by atoms with Crippen molar-refractivity contribution in [2.24, 2.45) is 0 Å². The predicted molar refractivity (Wildman–Crippen MR) is 87.5 cm³/mol. The number of anilines is 2. The van der Waals surface area contributed by atoms with Crippen molar-refractivity contribution in [3.05, 3.63) is 47.5 Å². The van der Waals surface area contributed by atoms with Gasteiger partial charge in [-0.25, -0.2) is 0 Å². The zero-order chi connectivity index (χ0) is 16.1. The second-order valence-electron chi connectivity index (χ2n) is 5.00. The van der Waals surface area contributed by atoms with Gasteiger partial charge in [0.25, 0.3) is 0 Å². The summed E-state index contributed by atoms with van der Waals surface area (Å²) in [6.07, 6.45) is 0.167. The second kappa shape index (κ2) is 6.85. The lowest BCUT2D eigenvalue weighted by molar-refractivity contribution is -0.115. The van der Waals surface area contributed by atoms with Crippen LogP contribution in [-0.2, 0) is 11.2 Å². The SMILES string of the molecule is COc1cc(N)c(CC(=O)Nc2cccc(C)c2)cc1OC.